The van der Waals surface area contributed by atoms with Gasteiger partial charge in [-0.3, -0.25) is 24.1 Å². The summed E-state index contributed by atoms with van der Waals surface area (Å²) < 4.78 is 79.1. The van der Waals surface area contributed by atoms with E-state index in [0.717, 1.165) is 4.90 Å². The summed E-state index contributed by atoms with van der Waals surface area (Å²) in [7, 11) is 1.23. The van der Waals surface area contributed by atoms with Crippen LogP contribution in [0.15, 0.2) is 58.6 Å². The normalized spacial score (nSPS) is 29.2. The summed E-state index contributed by atoms with van der Waals surface area (Å²) >= 11 is 17.5. The third-order valence-electron chi connectivity index (χ3n) is 9.84. The molecule has 49 heavy (non-hydrogen) atoms. The predicted octanol–water partition coefficient (Wildman–Crippen LogP) is 6.63. The average Bonchev–Trinajstić information content (AvgIpc) is 3.42. The number of phenolic OH excluding ortho intramolecular Hbond substituents is 1. The Kier molecular flexibility index (Phi) is 7.69. The van der Waals surface area contributed by atoms with Gasteiger partial charge in [-0.05, 0) is 60.7 Å². The van der Waals surface area contributed by atoms with Crippen molar-refractivity contribution in [2.45, 2.75) is 28.5 Å². The molecule has 3 aromatic carbocycles. The second kappa shape index (κ2) is 11.3. The maximum Gasteiger partial charge on any atom is 0.258 e. The number of ether oxygens (including phenoxy) is 1. The molecule has 0 unspecified atom stereocenters. The average molecular weight is 786 g/mol. The SMILES string of the molecule is COc1cc([C@H]2C3=CC[C@@H]4C(=O)N(c5ccc(Br)cc5)C(=O)[C@@H]4[C@@H]3C[C@@]3(Cl)C(=O)N(c4c(F)c(F)c(F)c(F)c4F)C(=O)[C@@]23Cl)ccc1O. The van der Waals surface area contributed by atoms with E-state index in [9.17, 15) is 37.5 Å². The van der Waals surface area contributed by atoms with E-state index in [1.807, 2.05) is 0 Å². The number of allylic oxidation sites excluding steroid dienone is 2. The number of anilines is 2. The van der Waals surface area contributed by atoms with Crippen molar-refractivity contribution in [1.82, 2.24) is 0 Å². The molecule has 16 heteroatoms. The van der Waals surface area contributed by atoms with Crippen LogP contribution in [0.2, 0.25) is 0 Å². The Morgan fingerprint density at radius 2 is 1.45 bits per heavy atom. The van der Waals surface area contributed by atoms with E-state index in [4.69, 9.17) is 27.9 Å². The van der Waals surface area contributed by atoms with Gasteiger partial charge in [-0.1, -0.05) is 33.6 Å². The fourth-order valence-electron chi connectivity index (χ4n) is 7.66. The quantitative estimate of drug-likeness (QED) is 0.0797. The van der Waals surface area contributed by atoms with Crippen molar-refractivity contribution < 1.29 is 51.0 Å². The van der Waals surface area contributed by atoms with Crippen LogP contribution in [0.1, 0.15) is 24.3 Å². The van der Waals surface area contributed by atoms with Crippen LogP contribution in [-0.4, -0.2) is 45.6 Å². The van der Waals surface area contributed by atoms with Crippen LogP contribution in [-0.2, 0) is 19.2 Å². The zero-order valence-electron chi connectivity index (χ0n) is 24.7. The maximum atomic E-state index is 15.2. The van der Waals surface area contributed by atoms with Gasteiger partial charge in [-0.15, -0.1) is 23.2 Å². The number of halogens is 8. The number of alkyl halides is 2. The lowest BCUT2D eigenvalue weighted by Crippen LogP contribution is -2.60. The number of amides is 4. The van der Waals surface area contributed by atoms with Crippen LogP contribution in [0.5, 0.6) is 11.5 Å². The Morgan fingerprint density at radius 1 is 0.837 bits per heavy atom. The third kappa shape index (κ3) is 4.32. The number of aromatic hydroxyl groups is 1. The largest absolute Gasteiger partial charge is 0.504 e. The van der Waals surface area contributed by atoms with Gasteiger partial charge in [-0.2, -0.15) is 0 Å². The molecule has 3 aromatic rings. The van der Waals surface area contributed by atoms with Crippen molar-refractivity contribution >= 4 is 74.1 Å². The van der Waals surface area contributed by atoms with Crippen molar-refractivity contribution in [3.63, 3.8) is 0 Å². The van der Waals surface area contributed by atoms with Crippen LogP contribution in [0, 0.1) is 46.8 Å². The van der Waals surface area contributed by atoms with Crippen molar-refractivity contribution in [1.29, 1.82) is 0 Å². The number of imide groups is 2. The van der Waals surface area contributed by atoms with Gasteiger partial charge in [0, 0.05) is 10.4 Å². The fraction of sp³-hybridized carbons (Fsp3) is 0.273. The van der Waals surface area contributed by atoms with Crippen LogP contribution in [0.4, 0.5) is 33.3 Å². The smallest absolute Gasteiger partial charge is 0.258 e. The molecule has 4 aliphatic rings. The van der Waals surface area contributed by atoms with Gasteiger partial charge in [0.25, 0.3) is 11.8 Å². The number of phenols is 1. The summed E-state index contributed by atoms with van der Waals surface area (Å²) in [6, 6.07) is 10.1. The lowest BCUT2D eigenvalue weighted by Gasteiger charge is -2.50. The van der Waals surface area contributed by atoms with Gasteiger partial charge in [0.1, 0.15) is 5.69 Å². The molecule has 2 aliphatic carbocycles. The highest BCUT2D eigenvalue weighted by atomic mass is 79.9. The summed E-state index contributed by atoms with van der Waals surface area (Å²) in [5.74, 6) is -21.8. The molecule has 4 amide bonds. The number of rotatable bonds is 4. The molecule has 1 saturated carbocycles. The van der Waals surface area contributed by atoms with Gasteiger partial charge in [0.15, 0.2) is 44.5 Å². The first kappa shape index (κ1) is 33.5. The van der Waals surface area contributed by atoms with Gasteiger partial charge in [0.2, 0.25) is 17.6 Å². The Morgan fingerprint density at radius 3 is 2.06 bits per heavy atom. The van der Waals surface area contributed by atoms with Gasteiger partial charge in [0.05, 0.1) is 24.6 Å². The second-order valence-corrected chi connectivity index (χ2v) is 14.3. The highest BCUT2D eigenvalue weighted by Gasteiger charge is 2.77. The van der Waals surface area contributed by atoms with E-state index in [0.29, 0.717) is 4.47 Å². The first-order valence-electron chi connectivity index (χ1n) is 14.6. The lowest BCUT2D eigenvalue weighted by atomic mass is 9.56. The summed E-state index contributed by atoms with van der Waals surface area (Å²) in [4.78, 5) is 51.9. The van der Waals surface area contributed by atoms with Gasteiger partial charge >= 0.3 is 0 Å². The molecule has 2 heterocycles. The maximum absolute atomic E-state index is 15.2. The van der Waals surface area contributed by atoms with Crippen LogP contribution in [0.3, 0.4) is 0 Å². The van der Waals surface area contributed by atoms with Gasteiger partial charge < -0.3 is 9.84 Å². The van der Waals surface area contributed by atoms with Crippen LogP contribution >= 0.6 is 39.1 Å². The minimum Gasteiger partial charge on any atom is -0.504 e. The van der Waals surface area contributed by atoms with Crippen molar-refractivity contribution in [3.8, 4) is 11.5 Å². The summed E-state index contributed by atoms with van der Waals surface area (Å²) in [6.07, 6.45) is 0.914. The molecular weight excluding hydrogens is 766 g/mol. The Bertz CT molecular complexity index is 2040. The standard InChI is InChI=1S/C33H20BrCl2F5N2O6/c1-49-19-10-12(2-9-18(19)44)21-15-7-8-16-20(29(46)42(28(16)45)14-5-3-13(34)4-6-14)17(15)11-32(35)30(47)43(31(48)33(21,32)36)27-25(40)23(38)22(37)24(39)26(27)41/h2-7,9-10,16-17,20-21,44H,8,11H2,1H3/t16-,17+,20-,21-,32+,33-/m0/s1. The lowest BCUT2D eigenvalue weighted by molar-refractivity contribution is -0.125. The number of fused-ring (bicyclic) bond motifs is 4. The van der Waals surface area contributed by atoms with Crippen LogP contribution in [0.25, 0.3) is 0 Å². The number of methoxy groups -OCH3 is 1. The highest BCUT2D eigenvalue weighted by Crippen LogP contribution is 2.66. The number of hydrogen-bond acceptors (Lipinski definition) is 6. The molecule has 3 fully saturated rings. The molecule has 2 aliphatic heterocycles. The first-order valence-corrected chi connectivity index (χ1v) is 16.1. The van der Waals surface area contributed by atoms with Crippen LogP contribution < -0.4 is 14.5 Å². The Balaban J connectivity index is 1.44. The molecule has 0 aromatic heterocycles. The fourth-order valence-corrected chi connectivity index (χ4v) is 8.86. The monoisotopic (exact) mass is 784 g/mol. The molecule has 8 nitrogen and oxygen atoms in total. The first-order chi connectivity index (χ1) is 23.1. The van der Waals surface area contributed by atoms with E-state index in [2.05, 4.69) is 15.9 Å². The molecule has 1 N–H and O–H groups in total. The predicted molar refractivity (Wildman–Crippen MR) is 168 cm³/mol. The summed E-state index contributed by atoms with van der Waals surface area (Å²) in [6.45, 7) is 0. The van der Waals surface area contributed by atoms with E-state index < -0.39 is 98.2 Å². The summed E-state index contributed by atoms with van der Waals surface area (Å²) in [5.41, 5.74) is -1.25. The van der Waals surface area contributed by atoms with Crippen molar-refractivity contribution in [2.75, 3.05) is 16.9 Å². The van der Waals surface area contributed by atoms with E-state index in [-0.39, 0.29) is 39.6 Å². The Hall–Kier alpha value is -4.01. The summed E-state index contributed by atoms with van der Waals surface area (Å²) in [5, 5.41) is 10.3. The molecule has 6 atom stereocenters. The number of benzene rings is 3. The number of carbonyl (C=O) groups excluding carboxylic acids is 4. The molecule has 0 radical (unpaired) electrons. The number of carbonyl (C=O) groups is 4. The molecule has 2 saturated heterocycles. The van der Waals surface area contributed by atoms with Crippen molar-refractivity contribution in [3.05, 3.63) is 93.2 Å². The topological polar surface area (TPSA) is 104 Å². The number of nitrogens with zero attached hydrogens (tertiary/aromatic N) is 2. The van der Waals surface area contributed by atoms with E-state index >= 15 is 8.78 Å². The molecule has 7 rings (SSSR count). The minimum absolute atomic E-state index is 0.0223. The second-order valence-electron chi connectivity index (χ2n) is 12.1. The Labute approximate surface area is 292 Å². The van der Waals surface area contributed by atoms with E-state index in [1.165, 1.54) is 25.3 Å². The third-order valence-corrected chi connectivity index (χ3v) is 11.8. The zero-order valence-corrected chi connectivity index (χ0v) is 27.8. The molecule has 0 bridgehead atoms. The molecule has 254 valence electrons. The highest BCUT2D eigenvalue weighted by molar-refractivity contribution is 9.10. The van der Waals surface area contributed by atoms with Crippen molar-refractivity contribution in [2.24, 2.45) is 17.8 Å². The zero-order chi connectivity index (χ0) is 35.5. The minimum atomic E-state index is -2.69. The molecular formula is C33H20BrCl2F5N2O6. The van der Waals surface area contributed by atoms with Gasteiger partial charge in [-0.25, -0.2) is 26.9 Å². The molecule has 0 spiro atoms. The van der Waals surface area contributed by atoms with E-state index in [1.54, 1.807) is 30.3 Å². The number of hydrogen-bond donors (Lipinski definition) is 1.